The highest BCUT2D eigenvalue weighted by Gasteiger charge is 2.24. The molecule has 1 aliphatic heterocycles. The maximum absolute atomic E-state index is 13.5. The Morgan fingerprint density at radius 3 is 2.76 bits per heavy atom. The van der Waals surface area contributed by atoms with Gasteiger partial charge in [-0.15, -0.1) is 0 Å². The Kier molecular flexibility index (Phi) is 6.68. The van der Waals surface area contributed by atoms with Gasteiger partial charge in [-0.3, -0.25) is 0 Å². The third-order valence-corrected chi connectivity index (χ3v) is 6.80. The van der Waals surface area contributed by atoms with E-state index >= 15 is 0 Å². The number of rotatable bonds is 8. The van der Waals surface area contributed by atoms with Crippen LogP contribution in [0.3, 0.4) is 0 Å². The van der Waals surface area contributed by atoms with Gasteiger partial charge in [0.25, 0.3) is 16.1 Å². The molecule has 0 saturated carbocycles. The fourth-order valence-corrected chi connectivity index (χ4v) is 4.50. The lowest BCUT2D eigenvalue weighted by atomic mass is 10.2. The highest BCUT2D eigenvalue weighted by molar-refractivity contribution is 7.86. The number of ether oxygens (including phenoxy) is 1. The smallest absolute Gasteiger partial charge is 0.298 e. The number of anilines is 1. The molecule has 1 fully saturated rings. The molecule has 0 bridgehead atoms. The second-order valence-corrected chi connectivity index (χ2v) is 9.79. The summed E-state index contributed by atoms with van der Waals surface area (Å²) >= 11 is 0. The van der Waals surface area contributed by atoms with Crippen LogP contribution in [0.1, 0.15) is 18.9 Å². The molecular formula is C23H26FN3O5S. The zero-order valence-electron chi connectivity index (χ0n) is 18.4. The predicted octanol–water partition coefficient (Wildman–Crippen LogP) is 3.90. The van der Waals surface area contributed by atoms with Crippen LogP contribution in [0.15, 0.2) is 63.7 Å². The standard InChI is InChI=1S/C23H26FN3O5S/c1-15-3-6-19(7-4-15)33(28,29)32-22(25)17(12-24)14-30-18-5-8-20-21(11-18)31-23(26-20)27-10-9-16(2)13-27/h3-8,11-12,16,22H,9-10,13-14,25H2,1-2H3/b17-12+/t16-,22?/m1/s1. The van der Waals surface area contributed by atoms with Crippen molar-refractivity contribution in [1.82, 2.24) is 4.98 Å². The van der Waals surface area contributed by atoms with E-state index < -0.39 is 16.3 Å². The largest absolute Gasteiger partial charge is 0.489 e. The maximum Gasteiger partial charge on any atom is 0.298 e. The second kappa shape index (κ2) is 9.50. The van der Waals surface area contributed by atoms with Gasteiger partial charge in [0.05, 0.1) is 11.2 Å². The fourth-order valence-electron chi connectivity index (χ4n) is 3.53. The molecule has 0 radical (unpaired) electrons. The number of hydrogen-bond acceptors (Lipinski definition) is 8. The van der Waals surface area contributed by atoms with E-state index in [0.717, 1.165) is 25.1 Å². The van der Waals surface area contributed by atoms with Crippen LogP contribution in [0.4, 0.5) is 10.4 Å². The van der Waals surface area contributed by atoms with Crippen molar-refractivity contribution in [3.63, 3.8) is 0 Å². The Bertz CT molecular complexity index is 1260. The summed E-state index contributed by atoms with van der Waals surface area (Å²) in [6.45, 7) is 5.49. The molecule has 176 valence electrons. The number of halogens is 1. The van der Waals surface area contributed by atoms with E-state index in [2.05, 4.69) is 16.8 Å². The van der Waals surface area contributed by atoms with Crippen molar-refractivity contribution in [3.8, 4) is 5.75 Å². The van der Waals surface area contributed by atoms with E-state index in [1.807, 2.05) is 6.92 Å². The van der Waals surface area contributed by atoms with Gasteiger partial charge in [0.2, 0.25) is 0 Å². The summed E-state index contributed by atoms with van der Waals surface area (Å²) < 4.78 is 54.7. The van der Waals surface area contributed by atoms with E-state index in [0.29, 0.717) is 28.8 Å². The molecule has 8 nitrogen and oxygen atoms in total. The number of benzene rings is 2. The molecule has 33 heavy (non-hydrogen) atoms. The molecule has 3 aromatic rings. The molecule has 2 heterocycles. The van der Waals surface area contributed by atoms with Crippen LogP contribution in [0.2, 0.25) is 0 Å². The summed E-state index contributed by atoms with van der Waals surface area (Å²) in [7, 11) is -4.17. The number of nitrogens with two attached hydrogens (primary N) is 1. The van der Waals surface area contributed by atoms with Crippen molar-refractivity contribution >= 4 is 27.2 Å². The number of nitrogens with zero attached hydrogens (tertiary/aromatic N) is 2. The zero-order valence-corrected chi connectivity index (χ0v) is 19.2. The van der Waals surface area contributed by atoms with Crippen LogP contribution in [-0.2, 0) is 14.3 Å². The molecule has 2 atom stereocenters. The second-order valence-electron chi connectivity index (χ2n) is 8.22. The van der Waals surface area contributed by atoms with E-state index in [1.165, 1.54) is 12.1 Å². The van der Waals surface area contributed by atoms with E-state index in [1.54, 1.807) is 30.3 Å². The third kappa shape index (κ3) is 5.35. The molecule has 0 spiro atoms. The Balaban J connectivity index is 1.41. The first kappa shape index (κ1) is 23.2. The highest BCUT2D eigenvalue weighted by Crippen LogP contribution is 2.29. The summed E-state index contributed by atoms with van der Waals surface area (Å²) in [5.41, 5.74) is 7.74. The fraction of sp³-hybridized carbons (Fsp3) is 0.348. The van der Waals surface area contributed by atoms with Gasteiger partial charge in [0.15, 0.2) is 11.8 Å². The van der Waals surface area contributed by atoms with Gasteiger partial charge >= 0.3 is 0 Å². The van der Waals surface area contributed by atoms with Crippen LogP contribution in [0.5, 0.6) is 5.75 Å². The number of oxazole rings is 1. The molecule has 1 aromatic heterocycles. The van der Waals surface area contributed by atoms with Crippen molar-refractivity contribution in [2.24, 2.45) is 11.7 Å². The summed E-state index contributed by atoms with van der Waals surface area (Å²) in [6.07, 6.45) is -0.262. The number of aromatic nitrogens is 1. The van der Waals surface area contributed by atoms with Crippen LogP contribution < -0.4 is 15.4 Å². The topological polar surface area (TPSA) is 108 Å². The van der Waals surface area contributed by atoms with Crippen LogP contribution in [0.25, 0.3) is 11.1 Å². The molecule has 1 unspecified atom stereocenters. The first-order valence-corrected chi connectivity index (χ1v) is 12.0. The molecule has 1 aliphatic rings. The van der Waals surface area contributed by atoms with Crippen LogP contribution in [0, 0.1) is 12.8 Å². The van der Waals surface area contributed by atoms with Crippen molar-refractivity contribution in [2.45, 2.75) is 31.4 Å². The Hall–Kier alpha value is -2.95. The molecular weight excluding hydrogens is 449 g/mol. The number of aryl methyl sites for hydroxylation is 1. The lowest BCUT2D eigenvalue weighted by Crippen LogP contribution is -2.31. The normalized spacial score (nSPS) is 18.1. The molecule has 10 heteroatoms. The van der Waals surface area contributed by atoms with E-state index in [4.69, 9.17) is 19.1 Å². The van der Waals surface area contributed by atoms with Crippen molar-refractivity contribution in [1.29, 1.82) is 0 Å². The number of hydrogen-bond donors (Lipinski definition) is 1. The van der Waals surface area contributed by atoms with Crippen molar-refractivity contribution in [3.05, 3.63) is 59.9 Å². The number of fused-ring (bicyclic) bond motifs is 1. The van der Waals surface area contributed by atoms with Gasteiger partial charge in [0, 0.05) is 24.7 Å². The van der Waals surface area contributed by atoms with Gasteiger partial charge in [-0.2, -0.15) is 13.4 Å². The van der Waals surface area contributed by atoms with E-state index in [-0.39, 0.29) is 23.4 Å². The van der Waals surface area contributed by atoms with Gasteiger partial charge in [-0.1, -0.05) is 24.6 Å². The Morgan fingerprint density at radius 2 is 2.09 bits per heavy atom. The summed E-state index contributed by atoms with van der Waals surface area (Å²) in [4.78, 5) is 6.54. The SMILES string of the molecule is Cc1ccc(S(=O)(=O)OC(N)/C(=C/F)COc2ccc3nc(N4CC[C@@H](C)C4)oc3c2)cc1. The molecule has 1 saturated heterocycles. The summed E-state index contributed by atoms with van der Waals surface area (Å²) in [6, 6.07) is 11.7. The van der Waals surface area contributed by atoms with Crippen molar-refractivity contribution in [2.75, 3.05) is 24.6 Å². The average Bonchev–Trinajstić information content (AvgIpc) is 3.39. The van der Waals surface area contributed by atoms with Crippen LogP contribution in [-0.4, -0.2) is 39.3 Å². The minimum absolute atomic E-state index is 0.0679. The minimum atomic E-state index is -4.17. The molecule has 2 aromatic carbocycles. The van der Waals surface area contributed by atoms with E-state index in [9.17, 15) is 12.8 Å². The lowest BCUT2D eigenvalue weighted by molar-refractivity contribution is 0.225. The average molecular weight is 476 g/mol. The maximum atomic E-state index is 13.5. The lowest BCUT2D eigenvalue weighted by Gasteiger charge is -2.16. The zero-order chi connectivity index (χ0) is 23.6. The quantitative estimate of drug-likeness (QED) is 0.386. The van der Waals surface area contributed by atoms with Gasteiger partial charge in [-0.05, 0) is 43.5 Å². The Morgan fingerprint density at radius 1 is 1.33 bits per heavy atom. The Labute approximate surface area is 191 Å². The molecule has 0 amide bonds. The first-order valence-electron chi connectivity index (χ1n) is 10.6. The summed E-state index contributed by atoms with van der Waals surface area (Å²) in [5.74, 6) is 0.985. The molecule has 2 N–H and O–H groups in total. The van der Waals surface area contributed by atoms with Crippen molar-refractivity contribution < 1.29 is 26.1 Å². The van der Waals surface area contributed by atoms with Gasteiger partial charge in [-0.25, -0.2) is 8.57 Å². The minimum Gasteiger partial charge on any atom is -0.489 e. The molecule has 4 rings (SSSR count). The highest BCUT2D eigenvalue weighted by atomic mass is 32.2. The van der Waals surface area contributed by atoms with Gasteiger partial charge in [0.1, 0.15) is 17.9 Å². The monoisotopic (exact) mass is 475 g/mol. The van der Waals surface area contributed by atoms with Gasteiger partial charge < -0.3 is 19.8 Å². The first-order chi connectivity index (χ1) is 15.7. The van der Waals surface area contributed by atoms with Crippen LogP contribution >= 0.6 is 0 Å². The molecule has 0 aliphatic carbocycles. The third-order valence-electron chi connectivity index (χ3n) is 5.49. The predicted molar refractivity (Wildman–Crippen MR) is 122 cm³/mol. The summed E-state index contributed by atoms with van der Waals surface area (Å²) in [5, 5.41) is 0.